The number of aromatic amines is 1. The topological polar surface area (TPSA) is 40.7 Å². The predicted molar refractivity (Wildman–Crippen MR) is 83.7 cm³/mol. The molecule has 0 saturated heterocycles. The monoisotopic (exact) mass is 273 g/mol. The first-order chi connectivity index (χ1) is 9.38. The molecule has 110 valence electrons. The van der Waals surface area contributed by atoms with Crippen LogP contribution in [0.2, 0.25) is 0 Å². The van der Waals surface area contributed by atoms with Crippen LogP contribution < -0.4 is 5.32 Å². The smallest absolute Gasteiger partial charge is 0.0522 e. The van der Waals surface area contributed by atoms with Gasteiger partial charge in [0.15, 0.2) is 0 Å². The molecule has 1 heterocycles. The van der Waals surface area contributed by atoms with E-state index in [0.29, 0.717) is 12.1 Å². The van der Waals surface area contributed by atoms with E-state index in [1.807, 2.05) is 6.20 Å². The Balaban J connectivity index is 1.99. The minimum absolute atomic E-state index is 0.103. The molecule has 0 radical (unpaired) electrons. The number of rotatable bonds is 4. The molecular formula is C17H27N3. The van der Waals surface area contributed by atoms with Gasteiger partial charge in [0.05, 0.1) is 6.20 Å². The summed E-state index contributed by atoms with van der Waals surface area (Å²) in [5, 5.41) is 11.1. The molecule has 0 spiro atoms. The molecule has 1 aromatic rings. The Labute approximate surface area is 122 Å². The molecule has 0 amide bonds. The van der Waals surface area contributed by atoms with Crippen molar-refractivity contribution < 1.29 is 0 Å². The Kier molecular flexibility index (Phi) is 4.52. The fourth-order valence-corrected chi connectivity index (χ4v) is 2.57. The van der Waals surface area contributed by atoms with Crippen molar-refractivity contribution in [2.75, 3.05) is 0 Å². The van der Waals surface area contributed by atoms with Crippen molar-refractivity contribution in [2.45, 2.75) is 66.0 Å². The van der Waals surface area contributed by atoms with Gasteiger partial charge in [-0.05, 0) is 50.8 Å². The highest BCUT2D eigenvalue weighted by atomic mass is 15.1. The summed E-state index contributed by atoms with van der Waals surface area (Å²) in [4.78, 5) is 0. The Morgan fingerprint density at radius 3 is 3.00 bits per heavy atom. The maximum atomic E-state index is 4.14. The van der Waals surface area contributed by atoms with Crippen LogP contribution >= 0.6 is 0 Å². The molecule has 3 nitrogen and oxygen atoms in total. The molecule has 2 rings (SSSR count). The first kappa shape index (κ1) is 15.1. The molecule has 2 N–H and O–H groups in total. The predicted octanol–water partition coefficient (Wildman–Crippen LogP) is 3.39. The van der Waals surface area contributed by atoms with Crippen LogP contribution in [0, 0.1) is 5.41 Å². The number of aromatic nitrogens is 2. The maximum absolute atomic E-state index is 4.14. The van der Waals surface area contributed by atoms with E-state index in [2.05, 4.69) is 61.9 Å². The van der Waals surface area contributed by atoms with Crippen molar-refractivity contribution in [3.05, 3.63) is 34.8 Å². The number of hydrogen-bond acceptors (Lipinski definition) is 2. The molecule has 2 atom stereocenters. The van der Waals surface area contributed by atoms with Crippen molar-refractivity contribution in [3.63, 3.8) is 0 Å². The SMILES string of the molecule is CC(C)=C=CC(C)(C)C(C)NC1CCc2cn[nH]c2C1. The van der Waals surface area contributed by atoms with Crippen LogP contribution in [0.5, 0.6) is 0 Å². The van der Waals surface area contributed by atoms with Crippen LogP contribution in [0.15, 0.2) is 23.6 Å². The Bertz CT molecular complexity index is 514. The van der Waals surface area contributed by atoms with Crippen molar-refractivity contribution in [1.82, 2.24) is 15.5 Å². The van der Waals surface area contributed by atoms with Crippen LogP contribution in [0.4, 0.5) is 0 Å². The average molecular weight is 273 g/mol. The lowest BCUT2D eigenvalue weighted by Crippen LogP contribution is -2.46. The molecule has 0 aromatic carbocycles. The molecule has 2 unspecified atom stereocenters. The minimum Gasteiger partial charge on any atom is -0.310 e. The van der Waals surface area contributed by atoms with E-state index in [1.165, 1.54) is 23.3 Å². The van der Waals surface area contributed by atoms with E-state index < -0.39 is 0 Å². The normalized spacial score (nSPS) is 19.9. The fraction of sp³-hybridized carbons (Fsp3) is 0.647. The maximum Gasteiger partial charge on any atom is 0.0522 e. The van der Waals surface area contributed by atoms with Crippen LogP contribution in [0.25, 0.3) is 0 Å². The van der Waals surface area contributed by atoms with Gasteiger partial charge in [-0.2, -0.15) is 5.10 Å². The van der Waals surface area contributed by atoms with Crippen LogP contribution in [-0.2, 0) is 12.8 Å². The number of fused-ring (bicyclic) bond motifs is 1. The zero-order chi connectivity index (χ0) is 14.8. The molecule has 0 fully saturated rings. The molecule has 0 saturated carbocycles. The lowest BCUT2D eigenvalue weighted by molar-refractivity contribution is 0.285. The highest BCUT2D eigenvalue weighted by Gasteiger charge is 2.27. The van der Waals surface area contributed by atoms with E-state index in [9.17, 15) is 0 Å². The van der Waals surface area contributed by atoms with Gasteiger partial charge >= 0.3 is 0 Å². The van der Waals surface area contributed by atoms with E-state index in [-0.39, 0.29) is 5.41 Å². The summed E-state index contributed by atoms with van der Waals surface area (Å²) in [6.07, 6.45) is 7.54. The van der Waals surface area contributed by atoms with Crippen molar-refractivity contribution in [1.29, 1.82) is 0 Å². The average Bonchev–Trinajstić information content (AvgIpc) is 2.84. The van der Waals surface area contributed by atoms with Gasteiger partial charge in [-0.25, -0.2) is 0 Å². The molecule has 0 aliphatic heterocycles. The lowest BCUT2D eigenvalue weighted by Gasteiger charge is -2.34. The number of aryl methyl sites for hydroxylation is 1. The summed E-state index contributed by atoms with van der Waals surface area (Å²) in [6, 6.07) is 0.959. The van der Waals surface area contributed by atoms with Crippen LogP contribution in [0.1, 0.15) is 52.3 Å². The molecular weight excluding hydrogens is 246 g/mol. The summed E-state index contributed by atoms with van der Waals surface area (Å²) >= 11 is 0. The van der Waals surface area contributed by atoms with E-state index in [1.54, 1.807) is 0 Å². The third-order valence-electron chi connectivity index (χ3n) is 4.35. The van der Waals surface area contributed by atoms with Gasteiger partial charge < -0.3 is 5.32 Å². The fourth-order valence-electron chi connectivity index (χ4n) is 2.57. The van der Waals surface area contributed by atoms with Gasteiger partial charge in [0.25, 0.3) is 0 Å². The van der Waals surface area contributed by atoms with Crippen LogP contribution in [0.3, 0.4) is 0 Å². The minimum atomic E-state index is 0.103. The lowest BCUT2D eigenvalue weighted by atomic mass is 9.83. The number of hydrogen-bond donors (Lipinski definition) is 2. The van der Waals surface area contributed by atoms with Crippen molar-refractivity contribution >= 4 is 0 Å². The Hall–Kier alpha value is -1.31. The first-order valence-corrected chi connectivity index (χ1v) is 7.56. The van der Waals surface area contributed by atoms with Gasteiger partial charge in [-0.1, -0.05) is 13.8 Å². The highest BCUT2D eigenvalue weighted by molar-refractivity contribution is 5.21. The summed E-state index contributed by atoms with van der Waals surface area (Å²) in [6.45, 7) is 11.0. The first-order valence-electron chi connectivity index (χ1n) is 7.56. The van der Waals surface area contributed by atoms with Crippen molar-refractivity contribution in [2.24, 2.45) is 5.41 Å². The second-order valence-electron chi connectivity index (χ2n) is 6.81. The second kappa shape index (κ2) is 5.99. The number of H-pyrrole nitrogens is 1. The third-order valence-corrected chi connectivity index (χ3v) is 4.35. The summed E-state index contributed by atoms with van der Waals surface area (Å²) < 4.78 is 0. The summed E-state index contributed by atoms with van der Waals surface area (Å²) in [5.74, 6) is 0. The van der Waals surface area contributed by atoms with Crippen molar-refractivity contribution in [3.8, 4) is 0 Å². The molecule has 1 aliphatic rings. The second-order valence-corrected chi connectivity index (χ2v) is 6.81. The van der Waals surface area contributed by atoms with E-state index in [4.69, 9.17) is 0 Å². The molecule has 0 bridgehead atoms. The summed E-state index contributed by atoms with van der Waals surface area (Å²) in [7, 11) is 0. The molecule has 1 aliphatic carbocycles. The number of nitrogens with one attached hydrogen (secondary N) is 2. The van der Waals surface area contributed by atoms with E-state index >= 15 is 0 Å². The highest BCUT2D eigenvalue weighted by Crippen LogP contribution is 2.25. The van der Waals surface area contributed by atoms with Gasteiger partial charge in [0.1, 0.15) is 0 Å². The molecule has 1 aromatic heterocycles. The third kappa shape index (κ3) is 3.62. The zero-order valence-corrected chi connectivity index (χ0v) is 13.4. The largest absolute Gasteiger partial charge is 0.310 e. The number of nitrogens with zero attached hydrogens (tertiary/aromatic N) is 1. The van der Waals surface area contributed by atoms with Gasteiger partial charge in [0, 0.05) is 29.6 Å². The molecule has 20 heavy (non-hydrogen) atoms. The van der Waals surface area contributed by atoms with Gasteiger partial charge in [0.2, 0.25) is 0 Å². The van der Waals surface area contributed by atoms with Gasteiger partial charge in [-0.3, -0.25) is 5.10 Å². The van der Waals surface area contributed by atoms with E-state index in [0.717, 1.165) is 12.8 Å². The molecule has 3 heteroatoms. The zero-order valence-electron chi connectivity index (χ0n) is 13.4. The quantitative estimate of drug-likeness (QED) is 0.826. The Morgan fingerprint density at radius 1 is 1.55 bits per heavy atom. The van der Waals surface area contributed by atoms with Crippen LogP contribution in [-0.4, -0.2) is 22.3 Å². The summed E-state index contributed by atoms with van der Waals surface area (Å²) in [5.41, 5.74) is 7.37. The standard InChI is InChI=1S/C17H27N3/c1-12(2)8-9-17(4,5)13(3)19-15-7-6-14-11-18-20-16(14)10-15/h9,11,13,15,19H,6-7,10H2,1-5H3,(H,18,20). The van der Waals surface area contributed by atoms with Gasteiger partial charge in [-0.15, -0.1) is 5.73 Å². The Morgan fingerprint density at radius 2 is 2.30 bits per heavy atom.